The molecule has 12 heteroatoms. The van der Waals surface area contributed by atoms with Crippen molar-refractivity contribution in [2.75, 3.05) is 13.1 Å². The van der Waals surface area contributed by atoms with E-state index in [1.165, 1.54) is 4.90 Å². The molecule has 6 N–H and O–H groups in total. The van der Waals surface area contributed by atoms with E-state index in [9.17, 15) is 28.8 Å². The van der Waals surface area contributed by atoms with Gasteiger partial charge in [-0.25, -0.2) is 0 Å². The summed E-state index contributed by atoms with van der Waals surface area (Å²) in [6, 6.07) is 3.28. The van der Waals surface area contributed by atoms with E-state index in [2.05, 4.69) is 22.5 Å². The number of likely N-dealkylation sites (tertiary alicyclic amines) is 1. The summed E-state index contributed by atoms with van der Waals surface area (Å²) < 4.78 is 0. The lowest BCUT2D eigenvalue weighted by molar-refractivity contribution is -0.140. The van der Waals surface area contributed by atoms with Gasteiger partial charge >= 0.3 is 0 Å². The van der Waals surface area contributed by atoms with Gasteiger partial charge in [0.1, 0.15) is 12.1 Å². The number of piperidine rings is 2. The molecule has 2 saturated heterocycles. The van der Waals surface area contributed by atoms with Gasteiger partial charge in [-0.2, -0.15) is 0 Å². The second kappa shape index (κ2) is 15.6. The minimum atomic E-state index is -0.894. The van der Waals surface area contributed by atoms with E-state index in [-0.39, 0.29) is 42.9 Å². The standard InChI is InChI=1S/C35H46N6O6/c36-27(13-15-29(37)42)32(44)39-31(24-9-2-1-3-10-24)35(47)40-19-17-22(18-20-40)7-4-5-8-23-11-6-12-25-26(23)21-41(34(25)46)28-14-16-30(43)38-33(28)45/h6,11-12,22,24,27-28,31H,1-4,7,9-10,13-21,36H2,(H2,37,42)(H,39,44)(H,38,43,45)/t27-,28?,31-/m0/s1. The maximum absolute atomic E-state index is 13.7. The highest BCUT2D eigenvalue weighted by Crippen LogP contribution is 2.31. The third-order valence-corrected chi connectivity index (χ3v) is 10.1. The van der Waals surface area contributed by atoms with Crippen LogP contribution in [0.25, 0.3) is 0 Å². The van der Waals surface area contributed by atoms with E-state index in [1.807, 2.05) is 11.0 Å². The molecule has 1 aromatic carbocycles. The fourth-order valence-corrected chi connectivity index (χ4v) is 7.31. The molecule has 252 valence electrons. The molecule has 0 radical (unpaired) electrons. The van der Waals surface area contributed by atoms with Crippen LogP contribution < -0.4 is 22.1 Å². The summed E-state index contributed by atoms with van der Waals surface area (Å²) in [7, 11) is 0. The Morgan fingerprint density at radius 3 is 2.47 bits per heavy atom. The number of fused-ring (bicyclic) bond motifs is 1. The molecule has 47 heavy (non-hydrogen) atoms. The molecule has 4 aliphatic rings. The van der Waals surface area contributed by atoms with Gasteiger partial charge in [0.25, 0.3) is 5.91 Å². The van der Waals surface area contributed by atoms with Crippen molar-refractivity contribution < 1.29 is 28.8 Å². The van der Waals surface area contributed by atoms with Crippen molar-refractivity contribution in [2.24, 2.45) is 23.3 Å². The van der Waals surface area contributed by atoms with Gasteiger partial charge in [-0.05, 0) is 74.5 Å². The van der Waals surface area contributed by atoms with Crippen molar-refractivity contribution in [2.45, 2.75) is 108 Å². The minimum absolute atomic E-state index is 0.0188. The molecule has 1 aromatic rings. The lowest BCUT2D eigenvalue weighted by Crippen LogP contribution is -2.57. The van der Waals surface area contributed by atoms with Crippen LogP contribution in [0.4, 0.5) is 0 Å². The third kappa shape index (κ3) is 8.38. The molecule has 12 nitrogen and oxygen atoms in total. The van der Waals surface area contributed by atoms with E-state index >= 15 is 0 Å². The van der Waals surface area contributed by atoms with Gasteiger partial charge < -0.3 is 26.6 Å². The predicted octanol–water partition coefficient (Wildman–Crippen LogP) is 1.48. The van der Waals surface area contributed by atoms with E-state index in [1.54, 1.807) is 12.1 Å². The molecule has 6 amide bonds. The summed E-state index contributed by atoms with van der Waals surface area (Å²) in [5.41, 5.74) is 13.4. The molecule has 3 fully saturated rings. The molecule has 0 aromatic heterocycles. The van der Waals surface area contributed by atoms with Crippen LogP contribution in [-0.4, -0.2) is 76.5 Å². The van der Waals surface area contributed by atoms with Crippen LogP contribution in [0.1, 0.15) is 105 Å². The maximum atomic E-state index is 13.7. The number of rotatable bonds is 10. The Kier molecular flexibility index (Phi) is 11.3. The van der Waals surface area contributed by atoms with Crippen LogP contribution >= 0.6 is 0 Å². The van der Waals surface area contributed by atoms with Crippen LogP contribution in [0.15, 0.2) is 18.2 Å². The first-order valence-electron chi connectivity index (χ1n) is 17.0. The number of amides is 6. The molecule has 3 atom stereocenters. The van der Waals surface area contributed by atoms with Crippen molar-refractivity contribution in [3.8, 4) is 11.8 Å². The Bertz CT molecular complexity index is 1450. The van der Waals surface area contributed by atoms with E-state index in [0.29, 0.717) is 44.0 Å². The second-order valence-electron chi connectivity index (χ2n) is 13.3. The molecule has 0 spiro atoms. The molecule has 3 aliphatic heterocycles. The number of nitrogens with one attached hydrogen (secondary N) is 2. The van der Waals surface area contributed by atoms with Crippen molar-refractivity contribution >= 4 is 35.4 Å². The number of carbonyl (C=O) groups is 6. The molecule has 1 saturated carbocycles. The number of carbonyl (C=O) groups excluding carboxylic acids is 6. The summed E-state index contributed by atoms with van der Waals surface area (Å²) >= 11 is 0. The molecule has 0 bridgehead atoms. The summed E-state index contributed by atoms with van der Waals surface area (Å²) in [6.07, 6.45) is 8.93. The minimum Gasteiger partial charge on any atom is -0.370 e. The summed E-state index contributed by atoms with van der Waals surface area (Å²) in [5, 5.41) is 5.27. The number of primary amides is 1. The van der Waals surface area contributed by atoms with Crippen molar-refractivity contribution in [1.82, 2.24) is 20.4 Å². The maximum Gasteiger partial charge on any atom is 0.255 e. The van der Waals surface area contributed by atoms with Crippen molar-refractivity contribution in [1.29, 1.82) is 0 Å². The first kappa shape index (κ1) is 34.1. The average molecular weight is 647 g/mol. The molecule has 1 unspecified atom stereocenters. The molecular formula is C35H46N6O6. The number of hydrogen-bond acceptors (Lipinski definition) is 7. The Morgan fingerprint density at radius 2 is 1.77 bits per heavy atom. The normalized spacial score (nSPS) is 21.7. The van der Waals surface area contributed by atoms with Gasteiger partial charge in [-0.1, -0.05) is 37.2 Å². The highest BCUT2D eigenvalue weighted by atomic mass is 16.2. The number of benzene rings is 1. The topological polar surface area (TPSA) is 185 Å². The van der Waals surface area contributed by atoms with Crippen molar-refractivity contribution in [3.63, 3.8) is 0 Å². The highest BCUT2D eigenvalue weighted by Gasteiger charge is 2.40. The van der Waals surface area contributed by atoms with Crippen molar-refractivity contribution in [3.05, 3.63) is 34.9 Å². The Balaban J connectivity index is 1.13. The lowest BCUT2D eigenvalue weighted by Gasteiger charge is -2.38. The monoisotopic (exact) mass is 646 g/mol. The zero-order chi connectivity index (χ0) is 33.5. The molecule has 5 rings (SSSR count). The van der Waals surface area contributed by atoms with Gasteiger partial charge in [-0.3, -0.25) is 34.1 Å². The van der Waals surface area contributed by atoms with E-state index in [4.69, 9.17) is 11.5 Å². The number of nitrogens with two attached hydrogens (primary N) is 2. The summed E-state index contributed by atoms with van der Waals surface area (Å²) in [5.74, 6) is 5.07. The van der Waals surface area contributed by atoms with Crippen LogP contribution in [0, 0.1) is 23.7 Å². The Morgan fingerprint density at radius 1 is 1.02 bits per heavy atom. The van der Waals surface area contributed by atoms with Gasteiger partial charge in [0.15, 0.2) is 0 Å². The molecular weight excluding hydrogens is 600 g/mol. The SMILES string of the molecule is NC(=O)CC[C@H](N)C(=O)N[C@H](C(=O)N1CCC(CCC#Cc2cccc3c2CN(C2CCC(=O)NC2=O)C3=O)CC1)C1CCCCC1. The number of hydrogen-bond donors (Lipinski definition) is 4. The summed E-state index contributed by atoms with van der Waals surface area (Å²) in [4.78, 5) is 78.2. The van der Waals surface area contributed by atoms with Gasteiger partial charge in [0.2, 0.25) is 29.5 Å². The quantitative estimate of drug-likeness (QED) is 0.219. The van der Waals surface area contributed by atoms with Gasteiger partial charge in [-0.15, -0.1) is 0 Å². The Labute approximate surface area is 275 Å². The largest absolute Gasteiger partial charge is 0.370 e. The first-order valence-corrected chi connectivity index (χ1v) is 17.0. The molecule has 1 aliphatic carbocycles. The Hall–Kier alpha value is -4.24. The number of nitrogens with zero attached hydrogens (tertiary/aromatic N) is 2. The number of imide groups is 1. The third-order valence-electron chi connectivity index (χ3n) is 10.1. The summed E-state index contributed by atoms with van der Waals surface area (Å²) in [6.45, 7) is 1.53. The fourth-order valence-electron chi connectivity index (χ4n) is 7.31. The van der Waals surface area contributed by atoms with E-state index in [0.717, 1.165) is 62.5 Å². The second-order valence-corrected chi connectivity index (χ2v) is 13.3. The average Bonchev–Trinajstić information content (AvgIpc) is 3.41. The van der Waals surface area contributed by atoms with Gasteiger partial charge in [0.05, 0.1) is 6.04 Å². The highest BCUT2D eigenvalue weighted by molar-refractivity contribution is 6.05. The van der Waals surface area contributed by atoms with Gasteiger partial charge in [0, 0.05) is 50.0 Å². The van der Waals surface area contributed by atoms with E-state index < -0.39 is 35.8 Å². The fraction of sp³-hybridized carbons (Fsp3) is 0.600. The van der Waals surface area contributed by atoms with Crippen LogP contribution in [-0.2, 0) is 30.5 Å². The first-order chi connectivity index (χ1) is 22.6. The van der Waals surface area contributed by atoms with Crippen LogP contribution in [0.3, 0.4) is 0 Å². The zero-order valence-electron chi connectivity index (χ0n) is 26.9. The van der Waals surface area contributed by atoms with Crippen LogP contribution in [0.5, 0.6) is 0 Å². The smallest absolute Gasteiger partial charge is 0.255 e. The lowest BCUT2D eigenvalue weighted by atomic mass is 9.82. The molecule has 3 heterocycles. The predicted molar refractivity (Wildman–Crippen MR) is 173 cm³/mol. The zero-order valence-corrected chi connectivity index (χ0v) is 26.9. The van der Waals surface area contributed by atoms with Crippen LogP contribution in [0.2, 0.25) is 0 Å².